The van der Waals surface area contributed by atoms with Crippen LogP contribution in [0.2, 0.25) is 0 Å². The van der Waals surface area contributed by atoms with E-state index in [0.717, 1.165) is 12.2 Å². The fraction of sp³-hybridized carbons (Fsp3) is 0.500. The lowest BCUT2D eigenvalue weighted by molar-refractivity contribution is -0.119. The minimum absolute atomic E-state index is 0.0928. The van der Waals surface area contributed by atoms with Crippen LogP contribution in [0.25, 0.3) is 0 Å². The number of ether oxygens (including phenoxy) is 1. The Bertz CT molecular complexity index is 383. The van der Waals surface area contributed by atoms with Crippen LogP contribution in [0.3, 0.4) is 0 Å². The molecule has 0 saturated carbocycles. The monoisotopic (exact) mass is 248 g/mol. The lowest BCUT2D eigenvalue weighted by atomic mass is 10.2. The number of hydrogen-bond donors (Lipinski definition) is 1. The zero-order valence-corrected chi connectivity index (χ0v) is 10.8. The minimum Gasteiger partial charge on any atom is -0.375 e. The molecule has 4 heteroatoms. The van der Waals surface area contributed by atoms with Gasteiger partial charge >= 0.3 is 0 Å². The van der Waals surface area contributed by atoms with Gasteiger partial charge in [-0.25, -0.2) is 0 Å². The summed E-state index contributed by atoms with van der Waals surface area (Å²) in [5.74, 6) is -0.121. The highest BCUT2D eigenvalue weighted by Gasteiger charge is 2.11. The highest BCUT2D eigenvalue weighted by atomic mass is 16.5. The third-order valence-electron chi connectivity index (χ3n) is 3.12. The van der Waals surface area contributed by atoms with Crippen LogP contribution in [-0.2, 0) is 16.1 Å². The van der Waals surface area contributed by atoms with Gasteiger partial charge < -0.3 is 10.1 Å². The van der Waals surface area contributed by atoms with E-state index in [0.29, 0.717) is 0 Å². The second kappa shape index (κ2) is 6.52. The van der Waals surface area contributed by atoms with Gasteiger partial charge in [-0.3, -0.25) is 9.69 Å². The van der Waals surface area contributed by atoms with Crippen molar-refractivity contribution in [2.45, 2.75) is 19.4 Å². The molecule has 0 radical (unpaired) electrons. The number of carbonyl (C=O) groups is 1. The number of anilines is 1. The first-order chi connectivity index (χ1) is 8.78. The number of carbonyl (C=O) groups excluding carboxylic acids is 1. The smallest absolute Gasteiger partial charge is 0.250 e. The molecule has 4 nitrogen and oxygen atoms in total. The van der Waals surface area contributed by atoms with Gasteiger partial charge in [-0.05, 0) is 43.6 Å². The molecule has 18 heavy (non-hydrogen) atoms. The first-order valence-corrected chi connectivity index (χ1v) is 6.38. The average Bonchev–Trinajstić information content (AvgIpc) is 2.85. The van der Waals surface area contributed by atoms with E-state index in [1.165, 1.54) is 38.6 Å². The standard InChI is InChI=1S/C14H20N2O2/c1-18-11-14(17)15-13-6-4-12(5-7-13)10-16-8-2-3-9-16/h4-7H,2-3,8-11H2,1H3,(H,15,17). The Morgan fingerprint density at radius 3 is 2.56 bits per heavy atom. The van der Waals surface area contributed by atoms with Gasteiger partial charge in [0.15, 0.2) is 0 Å². The molecule has 1 amide bonds. The van der Waals surface area contributed by atoms with Gasteiger partial charge in [0, 0.05) is 19.3 Å². The van der Waals surface area contributed by atoms with Crippen LogP contribution in [-0.4, -0.2) is 37.6 Å². The normalized spacial score (nSPS) is 15.8. The van der Waals surface area contributed by atoms with Crippen molar-refractivity contribution in [1.29, 1.82) is 0 Å². The zero-order chi connectivity index (χ0) is 12.8. The van der Waals surface area contributed by atoms with Gasteiger partial charge in [0.1, 0.15) is 6.61 Å². The Morgan fingerprint density at radius 2 is 1.94 bits per heavy atom. The van der Waals surface area contributed by atoms with Crippen molar-refractivity contribution in [3.63, 3.8) is 0 Å². The van der Waals surface area contributed by atoms with Crippen molar-refractivity contribution in [2.75, 3.05) is 32.1 Å². The molecule has 0 aromatic heterocycles. The van der Waals surface area contributed by atoms with Gasteiger partial charge in [-0.1, -0.05) is 12.1 Å². The summed E-state index contributed by atoms with van der Waals surface area (Å²) >= 11 is 0. The summed E-state index contributed by atoms with van der Waals surface area (Å²) < 4.78 is 4.77. The van der Waals surface area contributed by atoms with Crippen LogP contribution >= 0.6 is 0 Å². The van der Waals surface area contributed by atoms with E-state index >= 15 is 0 Å². The number of methoxy groups -OCH3 is 1. The predicted octanol–water partition coefficient (Wildman–Crippen LogP) is 1.87. The molecule has 0 bridgehead atoms. The molecule has 0 unspecified atom stereocenters. The molecule has 1 saturated heterocycles. The molecule has 1 aliphatic heterocycles. The maximum absolute atomic E-state index is 11.3. The zero-order valence-electron chi connectivity index (χ0n) is 10.8. The van der Waals surface area contributed by atoms with E-state index in [1.807, 2.05) is 12.1 Å². The third-order valence-corrected chi connectivity index (χ3v) is 3.12. The first-order valence-electron chi connectivity index (χ1n) is 6.38. The van der Waals surface area contributed by atoms with Crippen LogP contribution in [0.1, 0.15) is 18.4 Å². The molecule has 0 aliphatic carbocycles. The van der Waals surface area contributed by atoms with Gasteiger partial charge in [-0.15, -0.1) is 0 Å². The van der Waals surface area contributed by atoms with E-state index in [9.17, 15) is 4.79 Å². The summed E-state index contributed by atoms with van der Waals surface area (Å²) in [6.07, 6.45) is 2.62. The predicted molar refractivity (Wildman–Crippen MR) is 71.5 cm³/mol. The first kappa shape index (κ1) is 13.1. The van der Waals surface area contributed by atoms with Crippen molar-refractivity contribution in [3.05, 3.63) is 29.8 Å². The van der Waals surface area contributed by atoms with Gasteiger partial charge in [0.2, 0.25) is 5.91 Å². The second-order valence-corrected chi connectivity index (χ2v) is 4.66. The SMILES string of the molecule is COCC(=O)Nc1ccc(CN2CCCC2)cc1. The average molecular weight is 248 g/mol. The molecule has 2 rings (SSSR count). The van der Waals surface area contributed by atoms with Crippen molar-refractivity contribution >= 4 is 11.6 Å². The summed E-state index contributed by atoms with van der Waals surface area (Å²) in [5.41, 5.74) is 2.11. The molecule has 0 spiro atoms. The highest BCUT2D eigenvalue weighted by molar-refractivity contribution is 5.91. The van der Waals surface area contributed by atoms with Crippen LogP contribution in [0.4, 0.5) is 5.69 Å². The molecule has 1 fully saturated rings. The molecule has 1 aliphatic rings. The summed E-state index contributed by atoms with van der Waals surface area (Å²) in [6, 6.07) is 8.03. The quantitative estimate of drug-likeness (QED) is 0.865. The number of nitrogens with one attached hydrogen (secondary N) is 1. The van der Waals surface area contributed by atoms with Crippen LogP contribution < -0.4 is 5.32 Å². The number of benzene rings is 1. The number of nitrogens with zero attached hydrogens (tertiary/aromatic N) is 1. The molecule has 98 valence electrons. The van der Waals surface area contributed by atoms with Crippen LogP contribution in [0, 0.1) is 0 Å². The van der Waals surface area contributed by atoms with Gasteiger partial charge in [-0.2, -0.15) is 0 Å². The number of rotatable bonds is 5. The van der Waals surface area contributed by atoms with Gasteiger partial charge in [0.25, 0.3) is 0 Å². The summed E-state index contributed by atoms with van der Waals surface area (Å²) in [7, 11) is 1.51. The van der Waals surface area contributed by atoms with Crippen molar-refractivity contribution in [2.24, 2.45) is 0 Å². The largest absolute Gasteiger partial charge is 0.375 e. The van der Waals surface area contributed by atoms with Crippen molar-refractivity contribution in [3.8, 4) is 0 Å². The maximum Gasteiger partial charge on any atom is 0.250 e. The molecular weight excluding hydrogens is 228 g/mol. The lowest BCUT2D eigenvalue weighted by Crippen LogP contribution is -2.19. The van der Waals surface area contributed by atoms with Crippen molar-refractivity contribution in [1.82, 2.24) is 4.90 Å². The molecule has 1 aromatic rings. The van der Waals surface area contributed by atoms with Crippen molar-refractivity contribution < 1.29 is 9.53 Å². The fourth-order valence-electron chi connectivity index (χ4n) is 2.22. The number of hydrogen-bond acceptors (Lipinski definition) is 3. The topological polar surface area (TPSA) is 41.6 Å². The Kier molecular flexibility index (Phi) is 4.73. The summed E-state index contributed by atoms with van der Waals surface area (Å²) in [6.45, 7) is 3.50. The third kappa shape index (κ3) is 3.82. The van der Waals surface area contributed by atoms with E-state index in [2.05, 4.69) is 22.3 Å². The molecular formula is C14H20N2O2. The Hall–Kier alpha value is -1.39. The van der Waals surface area contributed by atoms with Gasteiger partial charge in [0.05, 0.1) is 0 Å². The van der Waals surface area contributed by atoms with E-state index < -0.39 is 0 Å². The van der Waals surface area contributed by atoms with E-state index in [-0.39, 0.29) is 12.5 Å². The fourth-order valence-corrected chi connectivity index (χ4v) is 2.22. The Morgan fingerprint density at radius 1 is 1.28 bits per heavy atom. The molecule has 1 heterocycles. The number of likely N-dealkylation sites (tertiary alicyclic amines) is 1. The molecule has 0 atom stereocenters. The number of amides is 1. The maximum atomic E-state index is 11.3. The molecule has 1 N–H and O–H groups in total. The highest BCUT2D eigenvalue weighted by Crippen LogP contribution is 2.15. The summed E-state index contributed by atoms with van der Waals surface area (Å²) in [4.78, 5) is 13.8. The summed E-state index contributed by atoms with van der Waals surface area (Å²) in [5, 5.41) is 2.79. The Labute approximate surface area is 108 Å². The molecule has 1 aromatic carbocycles. The van der Waals surface area contributed by atoms with Crippen LogP contribution in [0.15, 0.2) is 24.3 Å². The van der Waals surface area contributed by atoms with Crippen LogP contribution in [0.5, 0.6) is 0 Å². The van der Waals surface area contributed by atoms with E-state index in [4.69, 9.17) is 4.74 Å². The second-order valence-electron chi connectivity index (χ2n) is 4.66. The minimum atomic E-state index is -0.121. The Balaban J connectivity index is 1.86. The van der Waals surface area contributed by atoms with E-state index in [1.54, 1.807) is 0 Å². The lowest BCUT2D eigenvalue weighted by Gasteiger charge is -2.14.